The van der Waals surface area contributed by atoms with Gasteiger partial charge >= 0.3 is 0 Å². The summed E-state index contributed by atoms with van der Waals surface area (Å²) in [4.78, 5) is 12.2. The van der Waals surface area contributed by atoms with Crippen LogP contribution in [0.4, 0.5) is 0 Å². The summed E-state index contributed by atoms with van der Waals surface area (Å²) in [6, 6.07) is -0.405. The van der Waals surface area contributed by atoms with Crippen LogP contribution in [-0.4, -0.2) is 25.5 Å². The summed E-state index contributed by atoms with van der Waals surface area (Å²) >= 11 is 6.10. The molecule has 2 aromatic rings. The molecule has 6 nitrogen and oxygen atoms in total. The van der Waals surface area contributed by atoms with Crippen molar-refractivity contribution in [3.63, 3.8) is 0 Å². The van der Waals surface area contributed by atoms with E-state index in [9.17, 15) is 4.79 Å². The molecule has 2 heterocycles. The van der Waals surface area contributed by atoms with Gasteiger partial charge in [0.2, 0.25) is 5.91 Å². The van der Waals surface area contributed by atoms with Gasteiger partial charge in [0.15, 0.2) is 0 Å². The Bertz CT molecular complexity index is 631. The van der Waals surface area contributed by atoms with E-state index in [2.05, 4.69) is 15.5 Å². The van der Waals surface area contributed by atoms with Crippen molar-refractivity contribution >= 4 is 17.5 Å². The van der Waals surface area contributed by atoms with E-state index in [1.807, 2.05) is 27.1 Å². The highest BCUT2D eigenvalue weighted by molar-refractivity contribution is 6.31. The minimum atomic E-state index is -0.405. The molecular formula is C13H18ClN5O. The summed E-state index contributed by atoms with van der Waals surface area (Å²) in [5.41, 5.74) is 2.49. The fraction of sp³-hybridized carbons (Fsp3) is 0.462. The van der Waals surface area contributed by atoms with Crippen LogP contribution < -0.4 is 5.32 Å². The standard InChI is InChI=1S/C13H18ClN5O/c1-8-12(14)9(2)19(17-8)10(3)13(20)15-5-11-6-16-18(4)7-11/h6-7,10H,5H2,1-4H3,(H,15,20). The molecule has 0 spiro atoms. The molecular weight excluding hydrogens is 278 g/mol. The third-order valence-corrected chi connectivity index (χ3v) is 3.76. The van der Waals surface area contributed by atoms with Crippen LogP contribution in [0.15, 0.2) is 12.4 Å². The van der Waals surface area contributed by atoms with Crippen LogP contribution in [0.1, 0.15) is 29.9 Å². The zero-order chi connectivity index (χ0) is 14.9. The van der Waals surface area contributed by atoms with Crippen molar-refractivity contribution in [2.24, 2.45) is 7.05 Å². The van der Waals surface area contributed by atoms with Gasteiger partial charge in [-0.15, -0.1) is 0 Å². The topological polar surface area (TPSA) is 64.7 Å². The molecule has 0 aliphatic carbocycles. The number of halogens is 1. The maximum absolute atomic E-state index is 12.2. The minimum absolute atomic E-state index is 0.101. The zero-order valence-corrected chi connectivity index (χ0v) is 12.8. The van der Waals surface area contributed by atoms with Crippen LogP contribution >= 0.6 is 11.6 Å². The van der Waals surface area contributed by atoms with Gasteiger partial charge in [-0.1, -0.05) is 11.6 Å². The molecule has 0 aromatic carbocycles. The molecule has 0 aliphatic rings. The molecule has 0 radical (unpaired) electrons. The molecule has 0 bridgehead atoms. The molecule has 2 rings (SSSR count). The van der Waals surface area contributed by atoms with E-state index in [4.69, 9.17) is 11.6 Å². The molecule has 108 valence electrons. The van der Waals surface area contributed by atoms with Gasteiger partial charge < -0.3 is 5.32 Å². The molecule has 1 N–H and O–H groups in total. The number of nitrogens with one attached hydrogen (secondary N) is 1. The zero-order valence-electron chi connectivity index (χ0n) is 12.0. The molecule has 7 heteroatoms. The summed E-state index contributed by atoms with van der Waals surface area (Å²) in [6.45, 7) is 5.93. The van der Waals surface area contributed by atoms with Crippen LogP contribution in [0.25, 0.3) is 0 Å². The second-order valence-electron chi connectivity index (χ2n) is 4.85. The number of hydrogen-bond donors (Lipinski definition) is 1. The molecule has 0 saturated heterocycles. The number of nitrogens with zero attached hydrogens (tertiary/aromatic N) is 4. The van der Waals surface area contributed by atoms with Crippen molar-refractivity contribution < 1.29 is 4.79 Å². The fourth-order valence-corrected chi connectivity index (χ4v) is 2.16. The fourth-order valence-electron chi connectivity index (χ4n) is 2.03. The Morgan fingerprint density at radius 2 is 2.20 bits per heavy atom. The van der Waals surface area contributed by atoms with Crippen LogP contribution in [-0.2, 0) is 18.4 Å². The molecule has 1 unspecified atom stereocenters. The van der Waals surface area contributed by atoms with Gasteiger partial charge in [-0.3, -0.25) is 14.2 Å². The smallest absolute Gasteiger partial charge is 0.244 e. The number of aromatic nitrogens is 4. The first-order chi connectivity index (χ1) is 9.40. The predicted octanol–water partition coefficient (Wildman–Crippen LogP) is 1.76. The van der Waals surface area contributed by atoms with Gasteiger partial charge in [-0.05, 0) is 20.8 Å². The summed E-state index contributed by atoms with van der Waals surface area (Å²) in [5, 5.41) is 11.8. The van der Waals surface area contributed by atoms with E-state index in [0.717, 1.165) is 17.0 Å². The largest absolute Gasteiger partial charge is 0.350 e. The molecule has 1 atom stereocenters. The van der Waals surface area contributed by atoms with E-state index in [0.29, 0.717) is 11.6 Å². The van der Waals surface area contributed by atoms with E-state index in [1.165, 1.54) is 0 Å². The van der Waals surface area contributed by atoms with Gasteiger partial charge in [-0.25, -0.2) is 0 Å². The van der Waals surface area contributed by atoms with Crippen molar-refractivity contribution in [3.8, 4) is 0 Å². The molecule has 20 heavy (non-hydrogen) atoms. The normalized spacial score (nSPS) is 12.4. The maximum Gasteiger partial charge on any atom is 0.244 e. The van der Waals surface area contributed by atoms with Crippen molar-refractivity contribution in [2.75, 3.05) is 0 Å². The number of rotatable bonds is 4. The van der Waals surface area contributed by atoms with Crippen LogP contribution in [0.2, 0.25) is 5.02 Å². The monoisotopic (exact) mass is 295 g/mol. The summed E-state index contributed by atoms with van der Waals surface area (Å²) < 4.78 is 3.35. The Morgan fingerprint density at radius 3 is 2.70 bits per heavy atom. The van der Waals surface area contributed by atoms with E-state index >= 15 is 0 Å². The quantitative estimate of drug-likeness (QED) is 0.935. The molecule has 0 fully saturated rings. The average Bonchev–Trinajstić information content (AvgIpc) is 2.94. The average molecular weight is 296 g/mol. The third-order valence-electron chi connectivity index (χ3n) is 3.21. The van der Waals surface area contributed by atoms with Gasteiger partial charge in [0, 0.05) is 25.4 Å². The predicted molar refractivity (Wildman–Crippen MR) is 76.5 cm³/mol. The van der Waals surface area contributed by atoms with Gasteiger partial charge in [0.1, 0.15) is 6.04 Å². The Kier molecular flexibility index (Phi) is 4.13. The van der Waals surface area contributed by atoms with E-state index in [1.54, 1.807) is 22.5 Å². The number of aryl methyl sites for hydroxylation is 2. The number of carbonyl (C=O) groups is 1. The number of amides is 1. The minimum Gasteiger partial charge on any atom is -0.350 e. The van der Waals surface area contributed by atoms with Crippen molar-refractivity contribution in [2.45, 2.75) is 33.4 Å². The van der Waals surface area contributed by atoms with Crippen molar-refractivity contribution in [3.05, 3.63) is 34.4 Å². The summed E-state index contributed by atoms with van der Waals surface area (Å²) in [6.07, 6.45) is 3.59. The Balaban J connectivity index is 2.03. The molecule has 2 aromatic heterocycles. The first-order valence-corrected chi connectivity index (χ1v) is 6.74. The first kappa shape index (κ1) is 14.6. The van der Waals surface area contributed by atoms with Gasteiger partial charge in [-0.2, -0.15) is 10.2 Å². The highest BCUT2D eigenvalue weighted by atomic mass is 35.5. The van der Waals surface area contributed by atoms with E-state index in [-0.39, 0.29) is 5.91 Å². The molecule has 1 amide bonds. The second-order valence-corrected chi connectivity index (χ2v) is 5.22. The Morgan fingerprint density at radius 1 is 1.50 bits per heavy atom. The lowest BCUT2D eigenvalue weighted by Crippen LogP contribution is -2.31. The van der Waals surface area contributed by atoms with Crippen LogP contribution in [0, 0.1) is 13.8 Å². The maximum atomic E-state index is 12.2. The molecule has 0 saturated carbocycles. The Hall–Kier alpha value is -1.82. The van der Waals surface area contributed by atoms with Gasteiger partial charge in [0.05, 0.1) is 22.6 Å². The first-order valence-electron chi connectivity index (χ1n) is 6.36. The van der Waals surface area contributed by atoms with Crippen LogP contribution in [0.3, 0.4) is 0 Å². The van der Waals surface area contributed by atoms with Crippen molar-refractivity contribution in [1.82, 2.24) is 24.9 Å². The summed E-state index contributed by atoms with van der Waals surface area (Å²) in [5.74, 6) is -0.101. The summed E-state index contributed by atoms with van der Waals surface area (Å²) in [7, 11) is 1.84. The Labute approximate surface area is 122 Å². The third kappa shape index (κ3) is 2.85. The lowest BCUT2D eigenvalue weighted by molar-refractivity contribution is -0.124. The van der Waals surface area contributed by atoms with Gasteiger partial charge in [0.25, 0.3) is 0 Å². The second kappa shape index (κ2) is 5.66. The molecule has 0 aliphatic heterocycles. The SMILES string of the molecule is Cc1nn(C(C)C(=O)NCc2cnn(C)c2)c(C)c1Cl. The lowest BCUT2D eigenvalue weighted by Gasteiger charge is -2.14. The lowest BCUT2D eigenvalue weighted by atomic mass is 10.3. The number of hydrogen-bond acceptors (Lipinski definition) is 3. The number of carbonyl (C=O) groups excluding carboxylic acids is 1. The highest BCUT2D eigenvalue weighted by Gasteiger charge is 2.20. The van der Waals surface area contributed by atoms with Crippen molar-refractivity contribution in [1.29, 1.82) is 0 Å². The highest BCUT2D eigenvalue weighted by Crippen LogP contribution is 2.22. The van der Waals surface area contributed by atoms with E-state index < -0.39 is 6.04 Å². The van der Waals surface area contributed by atoms with Crippen LogP contribution in [0.5, 0.6) is 0 Å².